The van der Waals surface area contributed by atoms with Crippen LogP contribution in [-0.4, -0.2) is 63.9 Å². The molecule has 1 fully saturated rings. The lowest BCUT2D eigenvalue weighted by atomic mass is 9.96. The maximum Gasteiger partial charge on any atom is 0.408 e. The van der Waals surface area contributed by atoms with Gasteiger partial charge in [0.1, 0.15) is 18.2 Å². The molecule has 3 unspecified atom stereocenters. The number of fused-ring (bicyclic) bond motifs is 3. The van der Waals surface area contributed by atoms with Gasteiger partial charge in [-0.3, -0.25) is 4.79 Å². The molecule has 174 valence electrons. The van der Waals surface area contributed by atoms with E-state index in [4.69, 9.17) is 4.74 Å². The van der Waals surface area contributed by atoms with Crippen LogP contribution in [0.15, 0.2) is 48.5 Å². The number of β-amino-alcohol motifs (C(OH)–C–C–N with tert-alkyl or cyclic N) is 1. The number of amides is 2. The number of aliphatic carboxylic acids is 1. The topological polar surface area (TPSA) is 116 Å². The molecular weight excluding hydrogens is 424 g/mol. The highest BCUT2D eigenvalue weighted by Gasteiger charge is 2.46. The zero-order valence-electron chi connectivity index (χ0n) is 18.7. The Morgan fingerprint density at radius 3 is 2.21 bits per heavy atom. The number of rotatable bonds is 6. The fraction of sp³-hybridized carbons (Fsp3) is 0.400. The average Bonchev–Trinajstić information content (AvgIpc) is 3.35. The lowest BCUT2D eigenvalue weighted by molar-refractivity contribution is -0.150. The van der Waals surface area contributed by atoms with Crippen LogP contribution in [0.3, 0.4) is 0 Å². The Bertz CT molecular complexity index is 1040. The highest BCUT2D eigenvalue weighted by atomic mass is 16.5. The van der Waals surface area contributed by atoms with Crippen molar-refractivity contribution in [3.63, 3.8) is 0 Å². The first-order chi connectivity index (χ1) is 15.7. The van der Waals surface area contributed by atoms with E-state index in [1.807, 2.05) is 48.5 Å². The third-order valence-electron chi connectivity index (χ3n) is 6.73. The zero-order valence-corrected chi connectivity index (χ0v) is 18.7. The second-order valence-electron chi connectivity index (χ2n) is 8.84. The van der Waals surface area contributed by atoms with Gasteiger partial charge in [-0.15, -0.1) is 0 Å². The summed E-state index contributed by atoms with van der Waals surface area (Å²) in [5.74, 6) is -1.85. The fourth-order valence-corrected chi connectivity index (χ4v) is 4.74. The maximum absolute atomic E-state index is 13.2. The Labute approximate surface area is 192 Å². The molecule has 2 amide bonds. The van der Waals surface area contributed by atoms with Crippen molar-refractivity contribution in [1.82, 2.24) is 10.2 Å². The largest absolute Gasteiger partial charge is 0.480 e. The molecule has 0 saturated carbocycles. The van der Waals surface area contributed by atoms with Crippen LogP contribution < -0.4 is 5.32 Å². The van der Waals surface area contributed by atoms with Gasteiger partial charge in [-0.05, 0) is 35.6 Å². The van der Waals surface area contributed by atoms with Crippen LogP contribution in [0, 0.1) is 0 Å². The van der Waals surface area contributed by atoms with E-state index in [1.54, 1.807) is 13.8 Å². The summed E-state index contributed by atoms with van der Waals surface area (Å²) in [6.07, 6.45) is -1.47. The van der Waals surface area contributed by atoms with Gasteiger partial charge in [0, 0.05) is 18.9 Å². The smallest absolute Gasteiger partial charge is 0.408 e. The number of nitrogens with one attached hydrogen (secondary N) is 1. The summed E-state index contributed by atoms with van der Waals surface area (Å²) in [7, 11) is 0. The summed E-state index contributed by atoms with van der Waals surface area (Å²) in [5, 5.41) is 21.9. The number of alkyl carbamates (subject to hydrolysis) is 1. The van der Waals surface area contributed by atoms with E-state index in [2.05, 4.69) is 5.32 Å². The average molecular weight is 453 g/mol. The Morgan fingerprint density at radius 1 is 1.09 bits per heavy atom. The lowest BCUT2D eigenvalue weighted by Gasteiger charge is -2.34. The van der Waals surface area contributed by atoms with E-state index in [-0.39, 0.29) is 31.9 Å². The first-order valence-electron chi connectivity index (χ1n) is 11.1. The number of hydrogen-bond donors (Lipinski definition) is 3. The molecule has 1 heterocycles. The summed E-state index contributed by atoms with van der Waals surface area (Å²) in [6.45, 7) is 3.29. The van der Waals surface area contributed by atoms with Crippen molar-refractivity contribution in [3.05, 3.63) is 59.7 Å². The van der Waals surface area contributed by atoms with Crippen LogP contribution in [0.5, 0.6) is 0 Å². The zero-order chi connectivity index (χ0) is 23.8. The normalized spacial score (nSPS) is 21.1. The van der Waals surface area contributed by atoms with E-state index in [1.165, 1.54) is 0 Å². The van der Waals surface area contributed by atoms with Gasteiger partial charge in [-0.25, -0.2) is 9.59 Å². The van der Waals surface area contributed by atoms with Crippen LogP contribution in [0.25, 0.3) is 11.1 Å². The molecular formula is C25H28N2O6. The molecule has 1 aliphatic heterocycles. The molecule has 0 aromatic heterocycles. The Morgan fingerprint density at radius 2 is 1.67 bits per heavy atom. The Balaban J connectivity index is 1.46. The van der Waals surface area contributed by atoms with E-state index in [0.717, 1.165) is 27.2 Å². The molecule has 2 aliphatic rings. The van der Waals surface area contributed by atoms with Gasteiger partial charge in [0.2, 0.25) is 5.91 Å². The standard InChI is InChI=1S/C25H28N2O6/c1-3-25(2,23(31)27-13-15(28)12-21(27)22(29)30)26-24(32)33-14-20-18-10-6-4-8-16(18)17-9-5-7-11-19(17)20/h4-11,15,20-21,28H,3,12-14H2,1-2H3,(H,26,32)(H,29,30). The number of ether oxygens (including phenoxy) is 1. The maximum atomic E-state index is 13.2. The van der Waals surface area contributed by atoms with Crippen molar-refractivity contribution in [3.8, 4) is 11.1 Å². The molecule has 0 spiro atoms. The SMILES string of the molecule is CCC(C)(NC(=O)OCC1c2ccccc2-c2ccccc21)C(=O)N1CC(O)CC1C(=O)O. The third kappa shape index (κ3) is 4.18. The number of likely N-dealkylation sites (tertiary alicyclic amines) is 1. The van der Waals surface area contributed by atoms with E-state index < -0.39 is 35.7 Å². The second kappa shape index (κ2) is 8.86. The first-order valence-corrected chi connectivity index (χ1v) is 11.1. The van der Waals surface area contributed by atoms with Crippen molar-refractivity contribution in [2.75, 3.05) is 13.2 Å². The monoisotopic (exact) mass is 452 g/mol. The molecule has 0 bridgehead atoms. The molecule has 2 aromatic rings. The molecule has 4 rings (SSSR count). The highest BCUT2D eigenvalue weighted by Crippen LogP contribution is 2.44. The summed E-state index contributed by atoms with van der Waals surface area (Å²) >= 11 is 0. The van der Waals surface area contributed by atoms with Crippen LogP contribution >= 0.6 is 0 Å². The number of nitrogens with zero attached hydrogens (tertiary/aromatic N) is 1. The van der Waals surface area contributed by atoms with Crippen LogP contribution in [0.1, 0.15) is 43.7 Å². The van der Waals surface area contributed by atoms with E-state index >= 15 is 0 Å². The molecule has 2 aromatic carbocycles. The minimum Gasteiger partial charge on any atom is -0.480 e. The molecule has 3 atom stereocenters. The summed E-state index contributed by atoms with van der Waals surface area (Å²) in [6, 6.07) is 14.9. The molecule has 1 saturated heterocycles. The number of aliphatic hydroxyl groups excluding tert-OH is 1. The predicted molar refractivity (Wildman–Crippen MR) is 121 cm³/mol. The number of carbonyl (C=O) groups excluding carboxylic acids is 2. The first kappa shape index (κ1) is 22.8. The van der Waals surface area contributed by atoms with E-state index in [0.29, 0.717) is 0 Å². The molecule has 8 nitrogen and oxygen atoms in total. The predicted octanol–water partition coefficient (Wildman–Crippen LogP) is 2.74. The van der Waals surface area contributed by atoms with Gasteiger partial charge in [0.05, 0.1) is 6.10 Å². The molecule has 8 heteroatoms. The minimum absolute atomic E-state index is 0.0359. The third-order valence-corrected chi connectivity index (χ3v) is 6.73. The van der Waals surface area contributed by atoms with Crippen molar-refractivity contribution in [1.29, 1.82) is 0 Å². The fourth-order valence-electron chi connectivity index (χ4n) is 4.74. The summed E-state index contributed by atoms with van der Waals surface area (Å²) in [4.78, 5) is 38.5. The number of carboxylic acid groups (broad SMARTS) is 1. The van der Waals surface area contributed by atoms with Gasteiger partial charge in [0.15, 0.2) is 0 Å². The molecule has 33 heavy (non-hydrogen) atoms. The van der Waals surface area contributed by atoms with Gasteiger partial charge in [0.25, 0.3) is 0 Å². The van der Waals surface area contributed by atoms with Crippen molar-refractivity contribution >= 4 is 18.0 Å². The van der Waals surface area contributed by atoms with Gasteiger partial charge < -0.3 is 25.2 Å². The summed E-state index contributed by atoms with van der Waals surface area (Å²) < 4.78 is 5.56. The lowest BCUT2D eigenvalue weighted by Crippen LogP contribution is -2.59. The second-order valence-corrected chi connectivity index (χ2v) is 8.84. The molecule has 0 radical (unpaired) electrons. The van der Waals surface area contributed by atoms with Crippen molar-refractivity contribution in [2.45, 2.75) is 50.3 Å². The number of aliphatic hydroxyl groups is 1. The van der Waals surface area contributed by atoms with E-state index in [9.17, 15) is 24.6 Å². The van der Waals surface area contributed by atoms with Crippen LogP contribution in [0.4, 0.5) is 4.79 Å². The van der Waals surface area contributed by atoms with Gasteiger partial charge >= 0.3 is 12.1 Å². The number of carboxylic acids is 1. The number of benzene rings is 2. The molecule has 1 aliphatic carbocycles. The number of carbonyl (C=O) groups is 3. The van der Waals surface area contributed by atoms with Crippen LogP contribution in [-0.2, 0) is 14.3 Å². The van der Waals surface area contributed by atoms with Crippen molar-refractivity contribution in [2.24, 2.45) is 0 Å². The van der Waals surface area contributed by atoms with Gasteiger partial charge in [-0.2, -0.15) is 0 Å². The van der Waals surface area contributed by atoms with Crippen LogP contribution in [0.2, 0.25) is 0 Å². The van der Waals surface area contributed by atoms with Gasteiger partial charge in [-0.1, -0.05) is 55.5 Å². The minimum atomic E-state index is -1.36. The van der Waals surface area contributed by atoms with Crippen molar-refractivity contribution < 1.29 is 29.3 Å². The Kier molecular flexibility index (Phi) is 6.12. The summed E-state index contributed by atoms with van der Waals surface area (Å²) in [5.41, 5.74) is 3.03. The Hall–Kier alpha value is -3.39. The number of hydrogen-bond acceptors (Lipinski definition) is 5. The molecule has 3 N–H and O–H groups in total. The highest BCUT2D eigenvalue weighted by molar-refractivity contribution is 5.93. The quantitative estimate of drug-likeness (QED) is 0.621.